The van der Waals surface area contributed by atoms with Gasteiger partial charge in [0.2, 0.25) is 0 Å². The van der Waals surface area contributed by atoms with Gasteiger partial charge in [0.05, 0.1) is 0 Å². The van der Waals surface area contributed by atoms with Gasteiger partial charge in [-0.3, -0.25) is 0 Å². The maximum absolute atomic E-state index is 14.1. The third-order valence-electron chi connectivity index (χ3n) is 4.32. The molecule has 0 bridgehead atoms. The van der Waals surface area contributed by atoms with Gasteiger partial charge >= 0.3 is 0 Å². The van der Waals surface area contributed by atoms with Crippen LogP contribution in [-0.2, 0) is 0 Å². The molecule has 1 aliphatic rings. The Morgan fingerprint density at radius 2 is 1.78 bits per heavy atom. The SMILES string of the molecule is CNC(c1cc(F)c(C)cc1F)C1(C)CCCC1. The van der Waals surface area contributed by atoms with Crippen LogP contribution in [0.25, 0.3) is 0 Å². The van der Waals surface area contributed by atoms with Crippen LogP contribution in [0.4, 0.5) is 8.78 Å². The fourth-order valence-corrected chi connectivity index (χ4v) is 3.23. The van der Waals surface area contributed by atoms with Gasteiger partial charge in [-0.05, 0) is 49.9 Å². The summed E-state index contributed by atoms with van der Waals surface area (Å²) in [5.41, 5.74) is 0.852. The number of halogens is 2. The Morgan fingerprint density at radius 3 is 2.33 bits per heavy atom. The second-order valence-electron chi connectivity index (χ2n) is 5.71. The van der Waals surface area contributed by atoms with Crippen molar-refractivity contribution in [2.24, 2.45) is 5.41 Å². The van der Waals surface area contributed by atoms with Crippen molar-refractivity contribution in [1.29, 1.82) is 0 Å². The molecule has 1 unspecified atom stereocenters. The Hall–Kier alpha value is -0.960. The van der Waals surface area contributed by atoms with Gasteiger partial charge in [0.15, 0.2) is 0 Å². The Kier molecular flexibility index (Phi) is 3.71. The highest BCUT2D eigenvalue weighted by atomic mass is 19.1. The van der Waals surface area contributed by atoms with E-state index in [-0.39, 0.29) is 23.1 Å². The number of rotatable bonds is 3. The van der Waals surface area contributed by atoms with E-state index in [0.29, 0.717) is 11.1 Å². The molecule has 2 rings (SSSR count). The minimum Gasteiger partial charge on any atom is -0.312 e. The lowest BCUT2D eigenvalue weighted by Gasteiger charge is -2.34. The molecule has 0 saturated heterocycles. The quantitative estimate of drug-likeness (QED) is 0.854. The summed E-state index contributed by atoms with van der Waals surface area (Å²) >= 11 is 0. The molecule has 3 heteroatoms. The zero-order valence-corrected chi connectivity index (χ0v) is 11.3. The minimum absolute atomic E-state index is 0.0251. The van der Waals surface area contributed by atoms with Crippen molar-refractivity contribution in [3.63, 3.8) is 0 Å². The maximum Gasteiger partial charge on any atom is 0.128 e. The van der Waals surface area contributed by atoms with Crippen molar-refractivity contribution in [3.8, 4) is 0 Å². The average Bonchev–Trinajstić information content (AvgIpc) is 2.74. The van der Waals surface area contributed by atoms with E-state index in [4.69, 9.17) is 0 Å². The van der Waals surface area contributed by atoms with Crippen molar-refractivity contribution in [1.82, 2.24) is 5.32 Å². The fraction of sp³-hybridized carbons (Fsp3) is 0.600. The van der Waals surface area contributed by atoms with Gasteiger partial charge < -0.3 is 5.32 Å². The topological polar surface area (TPSA) is 12.0 Å². The predicted molar refractivity (Wildman–Crippen MR) is 69.5 cm³/mol. The summed E-state index contributed by atoms with van der Waals surface area (Å²) in [7, 11) is 1.82. The van der Waals surface area contributed by atoms with Crippen LogP contribution < -0.4 is 5.32 Å². The molecule has 1 aromatic rings. The molecule has 0 aliphatic heterocycles. The Labute approximate surface area is 108 Å². The molecular formula is C15H21F2N. The lowest BCUT2D eigenvalue weighted by Crippen LogP contribution is -2.33. The number of benzene rings is 1. The zero-order valence-electron chi connectivity index (χ0n) is 11.3. The third kappa shape index (κ3) is 2.28. The first-order chi connectivity index (χ1) is 8.48. The third-order valence-corrected chi connectivity index (χ3v) is 4.32. The largest absolute Gasteiger partial charge is 0.312 e. The smallest absolute Gasteiger partial charge is 0.128 e. The summed E-state index contributed by atoms with van der Waals surface area (Å²) in [5.74, 6) is -0.630. The molecule has 1 N–H and O–H groups in total. The number of aryl methyl sites for hydroxylation is 1. The highest BCUT2D eigenvalue weighted by Crippen LogP contribution is 2.47. The Morgan fingerprint density at radius 1 is 1.17 bits per heavy atom. The minimum atomic E-state index is -0.326. The first-order valence-corrected chi connectivity index (χ1v) is 6.61. The molecule has 100 valence electrons. The number of hydrogen-bond acceptors (Lipinski definition) is 1. The second-order valence-corrected chi connectivity index (χ2v) is 5.71. The van der Waals surface area contributed by atoms with Gasteiger partial charge in [-0.25, -0.2) is 8.78 Å². The van der Waals surface area contributed by atoms with E-state index < -0.39 is 0 Å². The van der Waals surface area contributed by atoms with Crippen LogP contribution in [0.15, 0.2) is 12.1 Å². The Balaban J connectivity index is 2.41. The molecule has 0 spiro atoms. The fourth-order valence-electron chi connectivity index (χ4n) is 3.23. The maximum atomic E-state index is 14.1. The number of nitrogens with one attached hydrogen (secondary N) is 1. The van der Waals surface area contributed by atoms with Gasteiger partial charge in [-0.2, -0.15) is 0 Å². The van der Waals surface area contributed by atoms with E-state index in [1.807, 2.05) is 7.05 Å². The first-order valence-electron chi connectivity index (χ1n) is 6.61. The van der Waals surface area contributed by atoms with Crippen LogP contribution in [0.5, 0.6) is 0 Å². The zero-order chi connectivity index (χ0) is 13.3. The van der Waals surface area contributed by atoms with E-state index in [1.54, 1.807) is 6.92 Å². The van der Waals surface area contributed by atoms with Crippen LogP contribution in [0.3, 0.4) is 0 Å². The van der Waals surface area contributed by atoms with E-state index in [0.717, 1.165) is 12.8 Å². The lowest BCUT2D eigenvalue weighted by atomic mass is 9.77. The number of hydrogen-bond donors (Lipinski definition) is 1. The first kappa shape index (κ1) is 13.5. The predicted octanol–water partition coefficient (Wildman–Crippen LogP) is 4.11. The highest BCUT2D eigenvalue weighted by molar-refractivity contribution is 5.29. The summed E-state index contributed by atoms with van der Waals surface area (Å²) in [4.78, 5) is 0. The van der Waals surface area contributed by atoms with Crippen LogP contribution >= 0.6 is 0 Å². The molecule has 18 heavy (non-hydrogen) atoms. The van der Waals surface area contributed by atoms with E-state index in [1.165, 1.54) is 25.0 Å². The lowest BCUT2D eigenvalue weighted by molar-refractivity contribution is 0.228. The Bertz CT molecular complexity index is 436. The van der Waals surface area contributed by atoms with Crippen LogP contribution in [0.1, 0.15) is 49.8 Å². The van der Waals surface area contributed by atoms with Gasteiger partial charge in [0.1, 0.15) is 11.6 Å². The van der Waals surface area contributed by atoms with Gasteiger partial charge in [-0.1, -0.05) is 19.8 Å². The highest BCUT2D eigenvalue weighted by Gasteiger charge is 2.38. The summed E-state index contributed by atoms with van der Waals surface area (Å²) < 4.78 is 27.8. The van der Waals surface area contributed by atoms with E-state index in [9.17, 15) is 8.78 Å². The molecule has 0 heterocycles. The molecule has 0 amide bonds. The van der Waals surface area contributed by atoms with Gasteiger partial charge in [-0.15, -0.1) is 0 Å². The van der Waals surface area contributed by atoms with Gasteiger partial charge in [0.25, 0.3) is 0 Å². The molecule has 1 nitrogen and oxygen atoms in total. The molecule has 0 aromatic heterocycles. The van der Waals surface area contributed by atoms with Crippen LogP contribution in [0.2, 0.25) is 0 Å². The molecule has 1 aliphatic carbocycles. The molecule has 1 saturated carbocycles. The van der Waals surface area contributed by atoms with Crippen LogP contribution in [-0.4, -0.2) is 7.05 Å². The van der Waals surface area contributed by atoms with Crippen molar-refractivity contribution in [3.05, 3.63) is 34.9 Å². The van der Waals surface area contributed by atoms with E-state index in [2.05, 4.69) is 12.2 Å². The van der Waals surface area contributed by atoms with Crippen LogP contribution in [0, 0.1) is 24.0 Å². The average molecular weight is 253 g/mol. The van der Waals surface area contributed by atoms with E-state index >= 15 is 0 Å². The second kappa shape index (κ2) is 4.96. The van der Waals surface area contributed by atoms with Crippen molar-refractivity contribution in [2.75, 3.05) is 7.05 Å². The molecular weight excluding hydrogens is 232 g/mol. The van der Waals surface area contributed by atoms with Gasteiger partial charge in [0, 0.05) is 11.6 Å². The van der Waals surface area contributed by atoms with Crippen molar-refractivity contribution < 1.29 is 8.78 Å². The molecule has 1 aromatic carbocycles. The van der Waals surface area contributed by atoms with Crippen molar-refractivity contribution >= 4 is 0 Å². The molecule has 0 radical (unpaired) electrons. The monoisotopic (exact) mass is 253 g/mol. The molecule has 1 atom stereocenters. The molecule has 1 fully saturated rings. The summed E-state index contributed by atoms with van der Waals surface area (Å²) in [5, 5.41) is 3.18. The summed E-state index contributed by atoms with van der Waals surface area (Å²) in [6, 6.07) is 2.54. The summed E-state index contributed by atoms with van der Waals surface area (Å²) in [6.45, 7) is 3.76. The normalized spacial score (nSPS) is 20.1. The van der Waals surface area contributed by atoms with Crippen molar-refractivity contribution in [2.45, 2.75) is 45.6 Å². The summed E-state index contributed by atoms with van der Waals surface area (Å²) in [6.07, 6.45) is 4.47. The standard InChI is InChI=1S/C15H21F2N/c1-10-8-13(17)11(9-12(10)16)14(18-3)15(2)6-4-5-7-15/h8-9,14,18H,4-7H2,1-3H3.